The summed E-state index contributed by atoms with van der Waals surface area (Å²) in [4.78, 5) is 54.5. The number of hydrogen-bond acceptors (Lipinski definition) is 9. The Kier molecular flexibility index (Phi) is 16.5. The number of benzene rings is 3. The Morgan fingerprint density at radius 3 is 1.33 bits per heavy atom. The lowest BCUT2D eigenvalue weighted by Crippen LogP contribution is -2.36. The molecule has 0 aliphatic carbocycles. The molecule has 13 heteroatoms. The third-order valence-corrected chi connectivity index (χ3v) is 14.0. The van der Waals surface area contributed by atoms with Gasteiger partial charge in [0.2, 0.25) is 5.91 Å². The Morgan fingerprint density at radius 2 is 0.948 bits per heavy atom. The molecule has 0 radical (unpaired) electrons. The monoisotopic (exact) mass is 830 g/mol. The van der Waals surface area contributed by atoms with E-state index in [0.29, 0.717) is 50.4 Å². The molecule has 312 valence electrons. The minimum Gasteiger partial charge on any atom is -0.481 e. The molecule has 3 aliphatic rings. The van der Waals surface area contributed by atoms with E-state index < -0.39 is 35.7 Å². The van der Waals surface area contributed by atoms with Gasteiger partial charge in [0.1, 0.15) is 0 Å². The van der Waals surface area contributed by atoms with Crippen molar-refractivity contribution < 1.29 is 34.5 Å². The quantitative estimate of drug-likeness (QED) is 0.0734. The summed E-state index contributed by atoms with van der Waals surface area (Å²) in [6.07, 6.45) is 4.18. The number of nitrogens with one attached hydrogen (secondary N) is 3. The zero-order chi connectivity index (χ0) is 40.9. The predicted molar refractivity (Wildman–Crippen MR) is 228 cm³/mol. The zero-order valence-corrected chi connectivity index (χ0v) is 34.8. The van der Waals surface area contributed by atoms with Gasteiger partial charge in [-0.15, -0.1) is 23.5 Å². The van der Waals surface area contributed by atoms with Gasteiger partial charge in [0.15, 0.2) is 0 Å². The molecule has 3 aromatic carbocycles. The maximum atomic E-state index is 14.1. The largest absolute Gasteiger partial charge is 0.481 e. The highest BCUT2D eigenvalue weighted by Gasteiger charge is 2.33. The van der Waals surface area contributed by atoms with Gasteiger partial charge in [-0.05, 0) is 142 Å². The highest BCUT2D eigenvalue weighted by molar-refractivity contribution is 7.99. The highest BCUT2D eigenvalue weighted by atomic mass is 32.2. The molecule has 1 amide bonds. The van der Waals surface area contributed by atoms with E-state index in [2.05, 4.69) is 28.1 Å². The van der Waals surface area contributed by atoms with Crippen molar-refractivity contribution in [3.8, 4) is 0 Å². The van der Waals surface area contributed by atoms with E-state index in [1.807, 2.05) is 65.6 Å². The fourth-order valence-electron chi connectivity index (χ4n) is 8.78. The molecule has 0 bridgehead atoms. The number of thioether (sulfide) groups is 2. The minimum absolute atomic E-state index is 0.000394. The van der Waals surface area contributed by atoms with E-state index in [4.69, 9.17) is 0 Å². The molecule has 6 rings (SSSR count). The van der Waals surface area contributed by atoms with Gasteiger partial charge >= 0.3 is 17.9 Å². The lowest BCUT2D eigenvalue weighted by atomic mass is 9.86. The molecule has 3 heterocycles. The van der Waals surface area contributed by atoms with Crippen LogP contribution in [0.1, 0.15) is 41.5 Å². The van der Waals surface area contributed by atoms with Crippen LogP contribution in [0.3, 0.4) is 0 Å². The standard InChI is InChI=1S/C45H58N4O7S2/c50-42(26-31-5-1-4-30(20-31)23-39(43(51)52)34-10-13-46-27-34)49(16-18-57-37-8-2-6-32(21-37)24-40(44(53)54)35-11-14-47-28-35)17-19-58-38-9-3-7-33(22-38)25-41(45(55)56)36-12-15-48-29-36/h1-9,20-22,34-36,39-41,46-48H,10-19,23-29H2,(H,51,52)(H,53,54)(H,55,56)/t34-,35-,36-,39-,40-,41-/m0/s1. The normalized spacial score (nSPS) is 20.7. The molecule has 3 fully saturated rings. The molecular formula is C45H58N4O7S2. The first-order valence-corrected chi connectivity index (χ1v) is 22.7. The van der Waals surface area contributed by atoms with Crippen LogP contribution in [-0.4, -0.2) is 108 Å². The summed E-state index contributed by atoms with van der Waals surface area (Å²) in [5, 5.41) is 39.8. The summed E-state index contributed by atoms with van der Waals surface area (Å²) in [5.41, 5.74) is 3.78. The van der Waals surface area contributed by atoms with Gasteiger partial charge < -0.3 is 36.2 Å². The van der Waals surface area contributed by atoms with Gasteiger partial charge in [-0.3, -0.25) is 19.2 Å². The number of carbonyl (C=O) groups excluding carboxylic acids is 1. The summed E-state index contributed by atoms with van der Waals surface area (Å²) in [7, 11) is 0. The Morgan fingerprint density at radius 1 is 0.569 bits per heavy atom. The van der Waals surface area contributed by atoms with Crippen molar-refractivity contribution in [1.29, 1.82) is 0 Å². The van der Waals surface area contributed by atoms with Crippen molar-refractivity contribution in [2.24, 2.45) is 35.5 Å². The number of hydrogen-bond donors (Lipinski definition) is 6. The van der Waals surface area contributed by atoms with E-state index in [0.717, 1.165) is 84.0 Å². The second-order valence-electron chi connectivity index (χ2n) is 16.1. The van der Waals surface area contributed by atoms with Crippen LogP contribution < -0.4 is 16.0 Å². The van der Waals surface area contributed by atoms with Crippen LogP contribution in [0.4, 0.5) is 0 Å². The van der Waals surface area contributed by atoms with Crippen LogP contribution >= 0.6 is 23.5 Å². The number of rotatable bonds is 22. The van der Waals surface area contributed by atoms with Gasteiger partial charge in [0.25, 0.3) is 0 Å². The second kappa shape index (κ2) is 21.9. The maximum absolute atomic E-state index is 14.1. The molecule has 0 aromatic heterocycles. The summed E-state index contributed by atoms with van der Waals surface area (Å²) >= 11 is 3.31. The molecule has 3 aromatic rings. The molecule has 58 heavy (non-hydrogen) atoms. The van der Waals surface area contributed by atoms with Gasteiger partial charge in [0, 0.05) is 34.4 Å². The molecule has 0 unspecified atom stereocenters. The van der Waals surface area contributed by atoms with Gasteiger partial charge in [-0.25, -0.2) is 0 Å². The van der Waals surface area contributed by atoms with Crippen molar-refractivity contribution in [2.45, 2.75) is 54.7 Å². The highest BCUT2D eigenvalue weighted by Crippen LogP contribution is 2.29. The number of carboxylic acids is 3. The van der Waals surface area contributed by atoms with E-state index in [9.17, 15) is 34.5 Å². The molecule has 3 aliphatic heterocycles. The van der Waals surface area contributed by atoms with Crippen LogP contribution in [0, 0.1) is 35.5 Å². The second-order valence-corrected chi connectivity index (χ2v) is 18.4. The fraction of sp³-hybridized carbons (Fsp3) is 0.511. The van der Waals surface area contributed by atoms with Crippen LogP contribution in [0.5, 0.6) is 0 Å². The summed E-state index contributed by atoms with van der Waals surface area (Å²) < 4.78 is 0. The van der Waals surface area contributed by atoms with Gasteiger partial charge in [-0.1, -0.05) is 48.5 Å². The van der Waals surface area contributed by atoms with Crippen LogP contribution in [0.15, 0.2) is 82.6 Å². The van der Waals surface area contributed by atoms with E-state index >= 15 is 0 Å². The molecule has 3 saturated heterocycles. The van der Waals surface area contributed by atoms with Crippen molar-refractivity contribution >= 4 is 47.3 Å². The Balaban J connectivity index is 1.10. The van der Waals surface area contributed by atoms with Crippen molar-refractivity contribution in [3.05, 3.63) is 95.1 Å². The Labute approximate surface area is 350 Å². The SMILES string of the molecule is O=C(O)[C@@H](Cc1cccc(CC(=O)N(CCSc2cccc(C[C@H](C(=O)O)[C@H]3CCNC3)c2)CCSc2cccc(C[C@H](C(=O)O)[C@H]3CCNC3)c2)c1)[C@H]1CCNC1. The van der Waals surface area contributed by atoms with Crippen molar-refractivity contribution in [2.75, 3.05) is 63.9 Å². The Hall–Kier alpha value is -3.88. The number of aliphatic carboxylic acids is 3. The first-order chi connectivity index (χ1) is 28.1. The van der Waals surface area contributed by atoms with Crippen molar-refractivity contribution in [3.63, 3.8) is 0 Å². The molecule has 6 N–H and O–H groups in total. The molecule has 11 nitrogen and oxygen atoms in total. The molecular weight excluding hydrogens is 773 g/mol. The van der Waals surface area contributed by atoms with Gasteiger partial charge in [0.05, 0.1) is 24.2 Å². The average Bonchev–Trinajstić information content (AvgIpc) is 4.03. The average molecular weight is 831 g/mol. The number of nitrogens with zero attached hydrogens (tertiary/aromatic N) is 1. The fourth-order valence-corrected chi connectivity index (χ4v) is 10.7. The lowest BCUT2D eigenvalue weighted by Gasteiger charge is -2.23. The Bertz CT molecular complexity index is 1760. The number of amides is 1. The van der Waals surface area contributed by atoms with E-state index in [-0.39, 0.29) is 30.1 Å². The van der Waals surface area contributed by atoms with Crippen LogP contribution in [-0.2, 0) is 44.9 Å². The zero-order valence-electron chi connectivity index (χ0n) is 33.2. The maximum Gasteiger partial charge on any atom is 0.307 e. The smallest absolute Gasteiger partial charge is 0.307 e. The van der Waals surface area contributed by atoms with E-state index in [1.165, 1.54) is 0 Å². The predicted octanol–water partition coefficient (Wildman–Crippen LogP) is 5.20. The molecule has 0 spiro atoms. The first-order valence-electron chi connectivity index (χ1n) is 20.7. The summed E-state index contributed by atoms with van der Waals surface area (Å²) in [5.74, 6) is -2.00. The summed E-state index contributed by atoms with van der Waals surface area (Å²) in [6.45, 7) is 5.74. The van der Waals surface area contributed by atoms with Crippen molar-refractivity contribution in [1.82, 2.24) is 20.9 Å². The number of carbonyl (C=O) groups is 4. The lowest BCUT2D eigenvalue weighted by molar-refractivity contribution is -0.144. The summed E-state index contributed by atoms with van der Waals surface area (Å²) in [6, 6.07) is 23.9. The minimum atomic E-state index is -0.784. The molecule has 0 saturated carbocycles. The van der Waals surface area contributed by atoms with Crippen LogP contribution in [0.25, 0.3) is 0 Å². The molecule has 6 atom stereocenters. The van der Waals surface area contributed by atoms with Crippen LogP contribution in [0.2, 0.25) is 0 Å². The number of carboxylic acid groups (broad SMARTS) is 3. The third-order valence-electron chi connectivity index (χ3n) is 12.1. The van der Waals surface area contributed by atoms with E-state index in [1.54, 1.807) is 23.5 Å². The first kappa shape index (κ1) is 43.7. The van der Waals surface area contributed by atoms with Gasteiger partial charge in [-0.2, -0.15) is 0 Å². The topological polar surface area (TPSA) is 168 Å². The third kappa shape index (κ3) is 12.8.